The summed E-state index contributed by atoms with van der Waals surface area (Å²) in [6.07, 6.45) is 0. The Morgan fingerprint density at radius 1 is 1.04 bits per heavy atom. The van der Waals surface area contributed by atoms with Gasteiger partial charge in [-0.25, -0.2) is 13.2 Å². The molecule has 0 heterocycles. The van der Waals surface area contributed by atoms with Gasteiger partial charge >= 0.3 is 5.97 Å². The normalized spacial score (nSPS) is 11.3. The molecule has 150 valence electrons. The third-order valence-electron chi connectivity index (χ3n) is 4.16. The number of nitrogens with zero attached hydrogens (tertiary/aromatic N) is 1. The highest BCUT2D eigenvalue weighted by atomic mass is 32.2. The molecule has 1 amide bonds. The smallest absolute Gasteiger partial charge is 0.338 e. The Hall–Kier alpha value is -2.71. The molecule has 0 aliphatic rings. The zero-order valence-electron chi connectivity index (χ0n) is 16.1. The van der Waals surface area contributed by atoms with E-state index in [1.165, 1.54) is 16.4 Å². The average molecular weight is 404 g/mol. The number of amides is 1. The van der Waals surface area contributed by atoms with E-state index in [4.69, 9.17) is 4.74 Å². The van der Waals surface area contributed by atoms with Crippen molar-refractivity contribution in [1.29, 1.82) is 0 Å². The van der Waals surface area contributed by atoms with Crippen LogP contribution in [0.1, 0.15) is 29.8 Å². The van der Waals surface area contributed by atoms with Crippen LogP contribution in [0.5, 0.6) is 0 Å². The van der Waals surface area contributed by atoms with Crippen molar-refractivity contribution in [2.24, 2.45) is 0 Å². The second-order valence-electron chi connectivity index (χ2n) is 6.06. The van der Waals surface area contributed by atoms with Crippen molar-refractivity contribution >= 4 is 27.6 Å². The molecule has 2 aromatic rings. The summed E-state index contributed by atoms with van der Waals surface area (Å²) >= 11 is 0. The molecule has 0 saturated heterocycles. The van der Waals surface area contributed by atoms with Gasteiger partial charge in [0.1, 0.15) is 0 Å². The highest BCUT2D eigenvalue weighted by Gasteiger charge is 2.22. The molecule has 2 rings (SSSR count). The number of carbonyl (C=O) groups is 2. The Morgan fingerprint density at radius 2 is 1.71 bits per heavy atom. The van der Waals surface area contributed by atoms with E-state index in [9.17, 15) is 18.0 Å². The van der Waals surface area contributed by atoms with Crippen molar-refractivity contribution in [3.8, 4) is 0 Å². The zero-order chi connectivity index (χ0) is 20.7. The van der Waals surface area contributed by atoms with Gasteiger partial charge in [0.25, 0.3) is 5.91 Å². The fourth-order valence-corrected chi connectivity index (χ4v) is 4.16. The maximum absolute atomic E-state index is 12.6. The van der Waals surface area contributed by atoms with Crippen LogP contribution in [0.3, 0.4) is 0 Å². The second-order valence-corrected chi connectivity index (χ2v) is 7.99. The number of hydrogen-bond donors (Lipinski definition) is 1. The van der Waals surface area contributed by atoms with E-state index in [1.807, 2.05) is 0 Å². The summed E-state index contributed by atoms with van der Waals surface area (Å²) in [6.45, 7) is 5.53. The first-order chi connectivity index (χ1) is 13.3. The van der Waals surface area contributed by atoms with Gasteiger partial charge in [-0.3, -0.25) is 4.79 Å². The third-order valence-corrected chi connectivity index (χ3v) is 6.21. The summed E-state index contributed by atoms with van der Waals surface area (Å²) in [5.41, 5.74) is 1.45. The van der Waals surface area contributed by atoms with Crippen LogP contribution in [-0.4, -0.2) is 44.3 Å². The SMILES string of the molecule is CCN(CC)S(=O)(=O)c1cccc(NC(=O)COC(=O)c2ccccc2C)c1. The summed E-state index contributed by atoms with van der Waals surface area (Å²) in [7, 11) is -3.63. The van der Waals surface area contributed by atoms with Crippen molar-refractivity contribution in [1.82, 2.24) is 4.31 Å². The lowest BCUT2D eigenvalue weighted by atomic mass is 10.1. The van der Waals surface area contributed by atoms with Gasteiger partial charge in [0, 0.05) is 18.8 Å². The molecule has 0 bridgehead atoms. The van der Waals surface area contributed by atoms with E-state index in [1.54, 1.807) is 57.2 Å². The summed E-state index contributed by atoms with van der Waals surface area (Å²) in [5.74, 6) is -1.15. The van der Waals surface area contributed by atoms with Crippen molar-refractivity contribution in [3.05, 3.63) is 59.7 Å². The molecule has 0 aliphatic heterocycles. The number of nitrogens with one attached hydrogen (secondary N) is 1. The molecule has 0 aliphatic carbocycles. The van der Waals surface area contributed by atoms with Crippen LogP contribution in [0, 0.1) is 6.92 Å². The van der Waals surface area contributed by atoms with Crippen LogP contribution in [0.15, 0.2) is 53.4 Å². The fourth-order valence-electron chi connectivity index (χ4n) is 2.65. The van der Waals surface area contributed by atoms with Gasteiger partial charge < -0.3 is 10.1 Å². The molecule has 7 nitrogen and oxygen atoms in total. The summed E-state index contributed by atoms with van der Waals surface area (Å²) in [5, 5.41) is 2.55. The van der Waals surface area contributed by atoms with Crippen molar-refractivity contribution in [2.75, 3.05) is 25.0 Å². The monoisotopic (exact) mass is 404 g/mol. The number of benzene rings is 2. The predicted octanol–water partition coefficient (Wildman–Crippen LogP) is 2.82. The third kappa shape index (κ3) is 5.17. The van der Waals surface area contributed by atoms with Gasteiger partial charge in [0.2, 0.25) is 10.0 Å². The lowest BCUT2D eigenvalue weighted by molar-refractivity contribution is -0.119. The Morgan fingerprint density at radius 3 is 2.36 bits per heavy atom. The molecule has 0 atom stereocenters. The van der Waals surface area contributed by atoms with Gasteiger partial charge in [0.15, 0.2) is 6.61 Å². The minimum Gasteiger partial charge on any atom is -0.452 e. The molecule has 0 fully saturated rings. The molecule has 28 heavy (non-hydrogen) atoms. The van der Waals surface area contributed by atoms with Gasteiger partial charge in [0.05, 0.1) is 10.5 Å². The van der Waals surface area contributed by atoms with Gasteiger partial charge in [-0.1, -0.05) is 38.1 Å². The fraction of sp³-hybridized carbons (Fsp3) is 0.300. The van der Waals surface area contributed by atoms with E-state index in [0.717, 1.165) is 5.56 Å². The first-order valence-electron chi connectivity index (χ1n) is 8.92. The highest BCUT2D eigenvalue weighted by Crippen LogP contribution is 2.19. The average Bonchev–Trinajstić information content (AvgIpc) is 2.67. The lowest BCUT2D eigenvalue weighted by Gasteiger charge is -2.18. The number of esters is 1. The number of aryl methyl sites for hydroxylation is 1. The van der Waals surface area contributed by atoms with Gasteiger partial charge in [-0.05, 0) is 36.8 Å². The number of carbonyl (C=O) groups excluding carboxylic acids is 2. The van der Waals surface area contributed by atoms with E-state index < -0.39 is 28.5 Å². The quantitative estimate of drug-likeness (QED) is 0.683. The maximum atomic E-state index is 12.6. The number of ether oxygens (including phenoxy) is 1. The molecule has 1 N–H and O–H groups in total. The Bertz CT molecular complexity index is 953. The molecule has 0 unspecified atom stereocenters. The topological polar surface area (TPSA) is 92.8 Å². The van der Waals surface area contributed by atoms with Crippen LogP contribution in [0.4, 0.5) is 5.69 Å². The van der Waals surface area contributed by atoms with Crippen LogP contribution >= 0.6 is 0 Å². The zero-order valence-corrected chi connectivity index (χ0v) is 17.0. The van der Waals surface area contributed by atoms with Gasteiger partial charge in [-0.2, -0.15) is 4.31 Å². The van der Waals surface area contributed by atoms with Crippen molar-refractivity contribution in [2.45, 2.75) is 25.7 Å². The minimum atomic E-state index is -3.63. The molecule has 0 spiro atoms. The van der Waals surface area contributed by atoms with Crippen molar-refractivity contribution < 1.29 is 22.7 Å². The van der Waals surface area contributed by atoms with Crippen molar-refractivity contribution in [3.63, 3.8) is 0 Å². The van der Waals surface area contributed by atoms with Crippen LogP contribution in [0.2, 0.25) is 0 Å². The number of sulfonamides is 1. The molecular formula is C20H24N2O5S. The summed E-state index contributed by atoms with van der Waals surface area (Å²) in [4.78, 5) is 24.2. The van der Waals surface area contributed by atoms with Crippen LogP contribution in [0.25, 0.3) is 0 Å². The number of rotatable bonds is 8. The van der Waals surface area contributed by atoms with Crippen LogP contribution in [-0.2, 0) is 19.6 Å². The number of anilines is 1. The van der Waals surface area contributed by atoms with E-state index in [0.29, 0.717) is 24.3 Å². The summed E-state index contributed by atoms with van der Waals surface area (Å²) in [6, 6.07) is 12.9. The Labute approximate surface area is 165 Å². The van der Waals surface area contributed by atoms with Gasteiger partial charge in [-0.15, -0.1) is 0 Å². The molecular weight excluding hydrogens is 380 g/mol. The largest absolute Gasteiger partial charge is 0.452 e. The Balaban J connectivity index is 2.03. The molecule has 8 heteroatoms. The summed E-state index contributed by atoms with van der Waals surface area (Å²) < 4.78 is 31.5. The predicted molar refractivity (Wildman–Crippen MR) is 107 cm³/mol. The molecule has 0 aromatic heterocycles. The first kappa shape index (κ1) is 21.6. The first-order valence-corrected chi connectivity index (χ1v) is 10.4. The van der Waals surface area contributed by atoms with Crippen LogP contribution < -0.4 is 5.32 Å². The Kier molecular flexibility index (Phi) is 7.31. The van der Waals surface area contributed by atoms with E-state index >= 15 is 0 Å². The standard InChI is InChI=1S/C20H24N2O5S/c1-4-22(5-2)28(25,26)17-11-8-10-16(13-17)21-19(23)14-27-20(24)18-12-7-6-9-15(18)3/h6-13H,4-5,14H2,1-3H3,(H,21,23). The second kappa shape index (κ2) is 9.48. The number of hydrogen-bond acceptors (Lipinski definition) is 5. The molecule has 0 radical (unpaired) electrons. The van der Waals surface area contributed by atoms with E-state index in [2.05, 4.69) is 5.32 Å². The minimum absolute atomic E-state index is 0.0888. The van der Waals surface area contributed by atoms with E-state index in [-0.39, 0.29) is 4.90 Å². The maximum Gasteiger partial charge on any atom is 0.338 e. The molecule has 0 saturated carbocycles. The molecule has 2 aromatic carbocycles. The lowest BCUT2D eigenvalue weighted by Crippen LogP contribution is -2.30. The highest BCUT2D eigenvalue weighted by molar-refractivity contribution is 7.89.